The molecule has 3 aliphatic rings. The summed E-state index contributed by atoms with van der Waals surface area (Å²) >= 11 is 1.28. The Hall–Kier alpha value is -2.22. The topological polar surface area (TPSA) is 83.5 Å². The molecule has 0 N–H and O–H groups in total. The first-order chi connectivity index (χ1) is 11.7. The van der Waals surface area contributed by atoms with Gasteiger partial charge >= 0.3 is 0 Å². The highest BCUT2D eigenvalue weighted by Gasteiger charge is 2.32. The predicted molar refractivity (Wildman–Crippen MR) is 95.4 cm³/mol. The Kier molecular flexibility index (Phi) is 4.05. The van der Waals surface area contributed by atoms with Crippen molar-refractivity contribution in [1.29, 1.82) is 0 Å². The standard InChI is InChI=1S/C16H17N5O2S/c22-21(23)13-8-4-7-12(9-13)15-19-24-16-17-10-14(18-20(15)16)11-5-2-1-3-6-11/h4,7-9,11H,1-3,5-6,10H2. The highest BCUT2D eigenvalue weighted by molar-refractivity contribution is 8.13. The maximum absolute atomic E-state index is 11.0. The van der Waals surface area contributed by atoms with Crippen LogP contribution < -0.4 is 0 Å². The van der Waals surface area contributed by atoms with Gasteiger partial charge in [-0.15, -0.1) is 0 Å². The molecule has 124 valence electrons. The highest BCUT2D eigenvalue weighted by Crippen LogP contribution is 2.31. The fourth-order valence-electron chi connectivity index (χ4n) is 3.33. The van der Waals surface area contributed by atoms with E-state index in [9.17, 15) is 10.1 Å². The lowest BCUT2D eigenvalue weighted by Gasteiger charge is -2.27. The number of nitro benzene ring substituents is 1. The van der Waals surface area contributed by atoms with Crippen LogP contribution in [0.1, 0.15) is 37.7 Å². The lowest BCUT2D eigenvalue weighted by molar-refractivity contribution is -0.384. The van der Waals surface area contributed by atoms with Gasteiger partial charge in [-0.1, -0.05) is 31.4 Å². The Labute approximate surface area is 143 Å². The minimum atomic E-state index is -0.395. The van der Waals surface area contributed by atoms with Crippen molar-refractivity contribution < 1.29 is 4.92 Å². The van der Waals surface area contributed by atoms with Gasteiger partial charge in [-0.05, 0) is 12.8 Å². The van der Waals surface area contributed by atoms with Crippen LogP contribution in [0.5, 0.6) is 0 Å². The van der Waals surface area contributed by atoms with Gasteiger partial charge < -0.3 is 0 Å². The van der Waals surface area contributed by atoms with Gasteiger partial charge in [-0.25, -0.2) is 0 Å². The zero-order chi connectivity index (χ0) is 16.5. The Balaban J connectivity index is 1.62. The molecule has 1 aromatic carbocycles. The van der Waals surface area contributed by atoms with Crippen molar-refractivity contribution in [2.45, 2.75) is 32.1 Å². The molecule has 2 heterocycles. The van der Waals surface area contributed by atoms with Gasteiger partial charge in [0.15, 0.2) is 5.84 Å². The van der Waals surface area contributed by atoms with Crippen LogP contribution in [0.2, 0.25) is 0 Å². The van der Waals surface area contributed by atoms with Crippen LogP contribution in [-0.4, -0.2) is 33.2 Å². The number of non-ortho nitro benzene ring substituents is 1. The average molecular weight is 343 g/mol. The second kappa shape index (κ2) is 6.35. The van der Waals surface area contributed by atoms with Crippen molar-refractivity contribution in [2.75, 3.05) is 6.54 Å². The van der Waals surface area contributed by atoms with Gasteiger partial charge in [-0.3, -0.25) is 15.1 Å². The predicted octanol–water partition coefficient (Wildman–Crippen LogP) is 3.61. The molecule has 0 radical (unpaired) electrons. The molecule has 7 nitrogen and oxygen atoms in total. The first-order valence-electron chi connectivity index (χ1n) is 8.14. The summed E-state index contributed by atoms with van der Waals surface area (Å²) in [6.45, 7) is 0.640. The second-order valence-corrected chi connectivity index (χ2v) is 6.88. The van der Waals surface area contributed by atoms with E-state index in [0.29, 0.717) is 23.9 Å². The van der Waals surface area contributed by atoms with E-state index in [1.807, 2.05) is 6.07 Å². The monoisotopic (exact) mass is 343 g/mol. The molecule has 0 saturated heterocycles. The van der Waals surface area contributed by atoms with Crippen LogP contribution in [-0.2, 0) is 0 Å². The number of amidine groups is 2. The molecule has 1 aromatic rings. The first-order valence-corrected chi connectivity index (χ1v) is 8.91. The van der Waals surface area contributed by atoms with Crippen molar-refractivity contribution in [1.82, 2.24) is 5.01 Å². The fourth-order valence-corrected chi connectivity index (χ4v) is 4.00. The molecule has 1 aliphatic carbocycles. The molecular formula is C16H17N5O2S. The van der Waals surface area contributed by atoms with Gasteiger partial charge in [0.2, 0.25) is 5.17 Å². The Morgan fingerprint density at radius 1 is 1.25 bits per heavy atom. The minimum Gasteiger partial charge on any atom is -0.258 e. The summed E-state index contributed by atoms with van der Waals surface area (Å²) in [6, 6.07) is 6.51. The number of hydrazone groups is 1. The Bertz CT molecular complexity index is 767. The molecule has 1 saturated carbocycles. The van der Waals surface area contributed by atoms with Crippen LogP contribution in [0.15, 0.2) is 38.8 Å². The van der Waals surface area contributed by atoms with Gasteiger partial charge in [-0.2, -0.15) is 14.5 Å². The number of fused-ring (bicyclic) bond motifs is 1. The average Bonchev–Trinajstić information content (AvgIpc) is 3.05. The van der Waals surface area contributed by atoms with Crippen molar-refractivity contribution in [3.05, 3.63) is 39.9 Å². The van der Waals surface area contributed by atoms with Crippen molar-refractivity contribution in [2.24, 2.45) is 20.4 Å². The van der Waals surface area contributed by atoms with Crippen molar-refractivity contribution in [3.63, 3.8) is 0 Å². The van der Waals surface area contributed by atoms with E-state index in [4.69, 9.17) is 5.10 Å². The van der Waals surface area contributed by atoms with E-state index in [2.05, 4.69) is 9.39 Å². The molecule has 0 atom stereocenters. The summed E-state index contributed by atoms with van der Waals surface area (Å²) in [5.74, 6) is 1.12. The summed E-state index contributed by atoms with van der Waals surface area (Å²) in [7, 11) is 0. The Morgan fingerprint density at radius 3 is 2.88 bits per heavy atom. The molecule has 1 fully saturated rings. The van der Waals surface area contributed by atoms with Gasteiger partial charge in [0.25, 0.3) is 5.69 Å². The largest absolute Gasteiger partial charge is 0.270 e. The molecule has 4 rings (SSSR count). The summed E-state index contributed by atoms with van der Waals surface area (Å²) in [5.41, 5.74) is 1.86. The van der Waals surface area contributed by atoms with Crippen LogP contribution in [0, 0.1) is 16.0 Å². The molecule has 0 aromatic heterocycles. The van der Waals surface area contributed by atoms with E-state index >= 15 is 0 Å². The maximum Gasteiger partial charge on any atom is 0.270 e. The molecule has 0 bridgehead atoms. The number of rotatable bonds is 3. The molecule has 8 heteroatoms. The van der Waals surface area contributed by atoms with Crippen LogP contribution in [0.25, 0.3) is 0 Å². The number of hydrogen-bond acceptors (Lipinski definition) is 7. The van der Waals surface area contributed by atoms with E-state index in [1.165, 1.54) is 56.2 Å². The van der Waals surface area contributed by atoms with Gasteiger partial charge in [0.1, 0.15) is 0 Å². The molecule has 0 amide bonds. The number of benzene rings is 1. The van der Waals surface area contributed by atoms with Gasteiger partial charge in [0, 0.05) is 23.6 Å². The summed E-state index contributed by atoms with van der Waals surface area (Å²) in [6.07, 6.45) is 6.15. The smallest absolute Gasteiger partial charge is 0.258 e. The zero-order valence-corrected chi connectivity index (χ0v) is 13.9. The SMILES string of the molecule is O=[N+]([O-])c1cccc(C2=NSC3=NCC(C4CCCCC4)=NN32)c1. The molecule has 0 unspecified atom stereocenters. The summed E-state index contributed by atoms with van der Waals surface area (Å²) < 4.78 is 4.43. The molecule has 24 heavy (non-hydrogen) atoms. The third-order valence-corrected chi connectivity index (χ3v) is 5.32. The normalized spacial score (nSPS) is 21.0. The number of hydrogen-bond donors (Lipinski definition) is 0. The van der Waals surface area contributed by atoms with Crippen LogP contribution in [0.3, 0.4) is 0 Å². The van der Waals surface area contributed by atoms with E-state index in [-0.39, 0.29) is 5.69 Å². The van der Waals surface area contributed by atoms with Crippen molar-refractivity contribution >= 4 is 34.4 Å². The lowest BCUT2D eigenvalue weighted by Crippen LogP contribution is -2.35. The summed E-state index contributed by atoms with van der Waals surface area (Å²) in [4.78, 5) is 15.2. The molecule has 0 spiro atoms. The molecule has 2 aliphatic heterocycles. The van der Waals surface area contributed by atoms with Gasteiger partial charge in [0.05, 0.1) is 29.1 Å². The fraction of sp³-hybridized carbons (Fsp3) is 0.438. The molecular weight excluding hydrogens is 326 g/mol. The summed E-state index contributed by atoms with van der Waals surface area (Å²) in [5, 5.41) is 18.3. The Morgan fingerprint density at radius 2 is 2.08 bits per heavy atom. The third-order valence-electron chi connectivity index (χ3n) is 4.59. The quantitative estimate of drug-likeness (QED) is 0.477. The zero-order valence-electron chi connectivity index (χ0n) is 13.1. The third kappa shape index (κ3) is 2.82. The van der Waals surface area contributed by atoms with E-state index in [0.717, 1.165) is 10.9 Å². The second-order valence-electron chi connectivity index (χ2n) is 6.15. The first kappa shape index (κ1) is 15.3. The highest BCUT2D eigenvalue weighted by atomic mass is 32.2. The minimum absolute atomic E-state index is 0.0547. The van der Waals surface area contributed by atoms with Crippen molar-refractivity contribution in [3.8, 4) is 0 Å². The van der Waals surface area contributed by atoms with Crippen LogP contribution in [0.4, 0.5) is 5.69 Å². The number of nitrogens with zero attached hydrogens (tertiary/aromatic N) is 5. The van der Waals surface area contributed by atoms with E-state index < -0.39 is 4.92 Å². The maximum atomic E-state index is 11.0. The number of aliphatic imine (C=N–C) groups is 1. The van der Waals surface area contributed by atoms with E-state index in [1.54, 1.807) is 11.1 Å². The lowest BCUT2D eigenvalue weighted by atomic mass is 9.85. The van der Waals surface area contributed by atoms with Crippen LogP contribution >= 0.6 is 11.9 Å². The number of nitro groups is 1.